The Morgan fingerprint density at radius 2 is 1.68 bits per heavy atom. The topological polar surface area (TPSA) is 74.8 Å². The highest BCUT2D eigenvalue weighted by Crippen LogP contribution is 2.29. The summed E-state index contributed by atoms with van der Waals surface area (Å²) in [6.07, 6.45) is 0.341. The highest BCUT2D eigenvalue weighted by molar-refractivity contribution is 7.91. The van der Waals surface area contributed by atoms with Crippen LogP contribution in [0.15, 0.2) is 18.2 Å². The summed E-state index contributed by atoms with van der Waals surface area (Å²) in [5.74, 6) is -0.315. The molecule has 1 aromatic carbocycles. The van der Waals surface area contributed by atoms with Crippen LogP contribution in [0.3, 0.4) is 0 Å². The van der Waals surface area contributed by atoms with Gasteiger partial charge in [0.15, 0.2) is 9.84 Å². The molecule has 7 heteroatoms. The van der Waals surface area contributed by atoms with E-state index in [4.69, 9.17) is 0 Å². The second-order valence-electron chi connectivity index (χ2n) is 6.97. The molecule has 136 valence electrons. The second-order valence-corrected chi connectivity index (χ2v) is 9.12. The first-order chi connectivity index (χ1) is 11.7. The van der Waals surface area contributed by atoms with E-state index in [0.29, 0.717) is 25.1 Å². The van der Waals surface area contributed by atoms with Gasteiger partial charge in [-0.2, -0.15) is 0 Å². The first-order valence-corrected chi connectivity index (χ1v) is 10.4. The van der Waals surface area contributed by atoms with Crippen LogP contribution in [0.25, 0.3) is 0 Å². The molecule has 2 fully saturated rings. The molecule has 0 N–H and O–H groups in total. The monoisotopic (exact) mass is 364 g/mol. The Balaban J connectivity index is 1.94. The lowest BCUT2D eigenvalue weighted by Gasteiger charge is -2.44. The van der Waals surface area contributed by atoms with E-state index in [1.807, 2.05) is 32.0 Å². The smallest absolute Gasteiger partial charge is 0.254 e. The van der Waals surface area contributed by atoms with Crippen molar-refractivity contribution < 1.29 is 18.0 Å². The van der Waals surface area contributed by atoms with Crippen LogP contribution in [0.2, 0.25) is 0 Å². The van der Waals surface area contributed by atoms with Crippen molar-refractivity contribution in [3.8, 4) is 0 Å². The van der Waals surface area contributed by atoms with E-state index in [9.17, 15) is 18.0 Å². The van der Waals surface area contributed by atoms with Gasteiger partial charge < -0.3 is 9.80 Å². The summed E-state index contributed by atoms with van der Waals surface area (Å²) in [5.41, 5.74) is 2.47. The molecule has 2 amide bonds. The Labute approximate surface area is 148 Å². The summed E-state index contributed by atoms with van der Waals surface area (Å²) in [6.45, 7) is 6.34. The van der Waals surface area contributed by atoms with E-state index in [1.54, 1.807) is 16.7 Å². The number of carbonyl (C=O) groups excluding carboxylic acids is 2. The summed E-state index contributed by atoms with van der Waals surface area (Å²) < 4.78 is 24.4. The first-order valence-electron chi connectivity index (χ1n) is 8.61. The number of amides is 2. The molecule has 0 bridgehead atoms. The van der Waals surface area contributed by atoms with E-state index < -0.39 is 21.9 Å². The molecule has 0 aliphatic carbocycles. The lowest BCUT2D eigenvalue weighted by Crippen LogP contribution is -2.61. The highest BCUT2D eigenvalue weighted by Gasteiger charge is 2.49. The molecule has 0 saturated carbocycles. The third kappa shape index (κ3) is 3.29. The molecule has 2 unspecified atom stereocenters. The van der Waals surface area contributed by atoms with Crippen LogP contribution in [-0.4, -0.2) is 66.7 Å². The van der Waals surface area contributed by atoms with Gasteiger partial charge >= 0.3 is 0 Å². The van der Waals surface area contributed by atoms with Crippen molar-refractivity contribution in [2.75, 3.05) is 24.6 Å². The van der Waals surface area contributed by atoms with Crippen LogP contribution in [0.5, 0.6) is 0 Å². The fraction of sp³-hybridized carbons (Fsp3) is 0.556. The molecule has 0 aromatic heterocycles. The van der Waals surface area contributed by atoms with E-state index >= 15 is 0 Å². The molecular formula is C18H24N2O4S. The fourth-order valence-electron chi connectivity index (χ4n) is 3.84. The summed E-state index contributed by atoms with van der Waals surface area (Å²) in [7, 11) is -3.26. The summed E-state index contributed by atoms with van der Waals surface area (Å²) in [6, 6.07) is 4.82. The van der Waals surface area contributed by atoms with E-state index in [1.165, 1.54) is 0 Å². The van der Waals surface area contributed by atoms with Crippen LogP contribution in [0.1, 0.15) is 34.8 Å². The van der Waals surface area contributed by atoms with Gasteiger partial charge in [0, 0.05) is 25.1 Å². The van der Waals surface area contributed by atoms with E-state index in [0.717, 1.165) is 11.1 Å². The quantitative estimate of drug-likeness (QED) is 0.789. The van der Waals surface area contributed by atoms with Crippen molar-refractivity contribution >= 4 is 21.7 Å². The molecule has 0 spiro atoms. The van der Waals surface area contributed by atoms with Crippen LogP contribution in [-0.2, 0) is 14.6 Å². The Bertz CT molecular complexity index is 818. The molecule has 6 nitrogen and oxygen atoms in total. The molecule has 2 aliphatic heterocycles. The van der Waals surface area contributed by atoms with E-state index in [-0.39, 0.29) is 23.3 Å². The molecular weight excluding hydrogens is 340 g/mol. The molecule has 2 aliphatic rings. The molecule has 25 heavy (non-hydrogen) atoms. The number of hydrogen-bond donors (Lipinski definition) is 0. The Morgan fingerprint density at radius 1 is 1.08 bits per heavy atom. The number of rotatable bonds is 2. The van der Waals surface area contributed by atoms with Gasteiger partial charge in [0.1, 0.15) is 0 Å². The van der Waals surface area contributed by atoms with Crippen LogP contribution in [0.4, 0.5) is 0 Å². The average Bonchev–Trinajstić information content (AvgIpc) is 2.89. The maximum absolute atomic E-state index is 13.1. The Kier molecular flexibility index (Phi) is 4.62. The van der Waals surface area contributed by atoms with Gasteiger partial charge in [-0.1, -0.05) is 24.6 Å². The summed E-state index contributed by atoms with van der Waals surface area (Å²) in [5, 5.41) is 0. The zero-order valence-electron chi connectivity index (χ0n) is 14.9. The van der Waals surface area contributed by atoms with Crippen molar-refractivity contribution in [3.63, 3.8) is 0 Å². The lowest BCUT2D eigenvalue weighted by molar-refractivity contribution is -0.135. The normalized spacial score (nSPS) is 24.9. The van der Waals surface area contributed by atoms with Crippen molar-refractivity contribution in [1.29, 1.82) is 0 Å². The Hall–Kier alpha value is -1.89. The van der Waals surface area contributed by atoms with Gasteiger partial charge in [0.25, 0.3) is 5.91 Å². The number of sulfone groups is 1. The van der Waals surface area contributed by atoms with Gasteiger partial charge in [-0.05, 0) is 25.5 Å². The molecule has 0 radical (unpaired) electrons. The number of nitrogens with zero attached hydrogens (tertiary/aromatic N) is 2. The number of piperazine rings is 1. The zero-order chi connectivity index (χ0) is 18.4. The second kappa shape index (κ2) is 6.44. The van der Waals surface area contributed by atoms with Gasteiger partial charge in [-0.3, -0.25) is 9.59 Å². The van der Waals surface area contributed by atoms with Crippen LogP contribution >= 0.6 is 0 Å². The predicted molar refractivity (Wildman–Crippen MR) is 95.2 cm³/mol. The van der Waals surface area contributed by atoms with Gasteiger partial charge in [-0.25, -0.2) is 8.42 Å². The Morgan fingerprint density at radius 3 is 2.32 bits per heavy atom. The molecule has 1 aromatic rings. The van der Waals surface area contributed by atoms with Crippen molar-refractivity contribution in [3.05, 3.63) is 34.9 Å². The van der Waals surface area contributed by atoms with Gasteiger partial charge in [0.05, 0.1) is 23.6 Å². The lowest BCUT2D eigenvalue weighted by atomic mass is 10.00. The third-order valence-electron chi connectivity index (χ3n) is 5.18. The number of carbonyl (C=O) groups is 2. The third-order valence-corrected chi connectivity index (χ3v) is 6.88. The minimum atomic E-state index is -3.26. The number of benzene rings is 1. The number of fused-ring (bicyclic) bond motifs is 1. The summed E-state index contributed by atoms with van der Waals surface area (Å²) in [4.78, 5) is 28.6. The molecule has 3 rings (SSSR count). The zero-order valence-corrected chi connectivity index (χ0v) is 15.7. The van der Waals surface area contributed by atoms with Crippen molar-refractivity contribution in [2.45, 2.75) is 39.3 Å². The van der Waals surface area contributed by atoms with Gasteiger partial charge in [-0.15, -0.1) is 0 Å². The maximum atomic E-state index is 13.1. The number of hydrogen-bond acceptors (Lipinski definition) is 4. The number of aryl methyl sites for hydroxylation is 2. The highest BCUT2D eigenvalue weighted by atomic mass is 32.2. The minimum absolute atomic E-state index is 0.0501. The van der Waals surface area contributed by atoms with Crippen molar-refractivity contribution in [2.24, 2.45) is 0 Å². The van der Waals surface area contributed by atoms with Crippen LogP contribution < -0.4 is 0 Å². The molecule has 2 heterocycles. The largest absolute Gasteiger partial charge is 0.335 e. The van der Waals surface area contributed by atoms with E-state index in [2.05, 4.69) is 0 Å². The van der Waals surface area contributed by atoms with Gasteiger partial charge in [0.2, 0.25) is 5.91 Å². The molecule has 2 atom stereocenters. The SMILES string of the molecule is CCC(=O)N1CCN(C(=O)c2cc(C)ccc2C)C2CS(=O)(=O)CC21. The maximum Gasteiger partial charge on any atom is 0.254 e. The summed E-state index contributed by atoms with van der Waals surface area (Å²) >= 11 is 0. The fourth-order valence-corrected chi connectivity index (χ4v) is 5.82. The standard InChI is InChI=1S/C18H24N2O4S/c1-4-17(21)19-7-8-20(16-11-25(23,24)10-15(16)19)18(22)14-9-12(2)5-6-13(14)3/h5-6,9,15-16H,4,7-8,10-11H2,1-3H3. The van der Waals surface area contributed by atoms with Crippen LogP contribution in [0, 0.1) is 13.8 Å². The van der Waals surface area contributed by atoms with Crippen molar-refractivity contribution in [1.82, 2.24) is 9.80 Å². The average molecular weight is 364 g/mol. The first kappa shape index (κ1) is 17.9. The molecule has 2 saturated heterocycles. The minimum Gasteiger partial charge on any atom is -0.335 e. The predicted octanol–water partition coefficient (Wildman–Crippen LogP) is 1.16.